The van der Waals surface area contributed by atoms with Gasteiger partial charge in [-0.3, -0.25) is 9.48 Å². The average Bonchev–Trinajstić information content (AvgIpc) is 2.95. The molecule has 1 aromatic rings. The first-order chi connectivity index (χ1) is 8.24. The molecule has 0 saturated heterocycles. The Kier molecular flexibility index (Phi) is 4.08. The quantitative estimate of drug-likeness (QED) is 0.753. The minimum Gasteiger partial charge on any atom is -0.393 e. The molecule has 1 fully saturated rings. The van der Waals surface area contributed by atoms with Crippen molar-refractivity contribution in [3.63, 3.8) is 0 Å². The van der Waals surface area contributed by atoms with Crippen LogP contribution in [0.5, 0.6) is 0 Å². The lowest BCUT2D eigenvalue weighted by molar-refractivity contribution is -0.121. The van der Waals surface area contributed by atoms with Gasteiger partial charge >= 0.3 is 0 Å². The Hall–Kier alpha value is -1.43. The normalized spacial score (nSPS) is 23.8. The number of rotatable bonds is 5. The van der Waals surface area contributed by atoms with Crippen LogP contribution in [0.1, 0.15) is 25.7 Å². The third kappa shape index (κ3) is 3.81. The smallest absolute Gasteiger partial charge is 0.221 e. The second kappa shape index (κ2) is 5.77. The highest BCUT2D eigenvalue weighted by molar-refractivity contribution is 5.75. The van der Waals surface area contributed by atoms with Gasteiger partial charge < -0.3 is 10.4 Å². The van der Waals surface area contributed by atoms with Gasteiger partial charge in [-0.05, 0) is 25.2 Å². The van der Waals surface area contributed by atoms with Crippen LogP contribution in [0, 0.1) is 5.92 Å². The van der Waals surface area contributed by atoms with Crippen molar-refractivity contribution in [2.75, 3.05) is 6.54 Å². The van der Waals surface area contributed by atoms with E-state index >= 15 is 0 Å². The molecule has 6 nitrogen and oxygen atoms in total. The summed E-state index contributed by atoms with van der Waals surface area (Å²) >= 11 is 0. The molecule has 2 atom stereocenters. The number of aryl methyl sites for hydroxylation is 1. The first kappa shape index (κ1) is 12.0. The Morgan fingerprint density at radius 3 is 3.06 bits per heavy atom. The summed E-state index contributed by atoms with van der Waals surface area (Å²) in [6.45, 7) is 1.23. The minimum absolute atomic E-state index is 0.0295. The molecule has 0 aromatic carbocycles. The Labute approximate surface area is 100 Å². The van der Waals surface area contributed by atoms with Gasteiger partial charge in [-0.2, -0.15) is 5.10 Å². The van der Waals surface area contributed by atoms with E-state index in [0.29, 0.717) is 25.4 Å². The zero-order valence-corrected chi connectivity index (χ0v) is 9.75. The van der Waals surface area contributed by atoms with Crippen LogP contribution in [-0.2, 0) is 11.3 Å². The van der Waals surface area contributed by atoms with Crippen molar-refractivity contribution in [1.29, 1.82) is 0 Å². The average molecular weight is 238 g/mol. The highest BCUT2D eigenvalue weighted by atomic mass is 16.3. The summed E-state index contributed by atoms with van der Waals surface area (Å²) in [5, 5.41) is 16.2. The lowest BCUT2D eigenvalue weighted by atomic mass is 10.1. The van der Waals surface area contributed by atoms with Gasteiger partial charge in [-0.15, -0.1) is 0 Å². The van der Waals surface area contributed by atoms with E-state index in [1.54, 1.807) is 11.0 Å². The summed E-state index contributed by atoms with van der Waals surface area (Å²) in [6.07, 6.45) is 5.97. The molecule has 0 aliphatic heterocycles. The molecule has 1 amide bonds. The monoisotopic (exact) mass is 238 g/mol. The van der Waals surface area contributed by atoms with Crippen molar-refractivity contribution >= 4 is 5.91 Å². The maximum Gasteiger partial charge on any atom is 0.221 e. The van der Waals surface area contributed by atoms with Crippen LogP contribution in [-0.4, -0.2) is 38.4 Å². The molecule has 0 spiro atoms. The Morgan fingerprint density at radius 1 is 1.53 bits per heavy atom. The molecule has 1 heterocycles. The number of nitrogens with zero attached hydrogens (tertiary/aromatic N) is 3. The van der Waals surface area contributed by atoms with Crippen LogP contribution in [0.15, 0.2) is 12.7 Å². The fourth-order valence-corrected chi connectivity index (χ4v) is 2.14. The van der Waals surface area contributed by atoms with Gasteiger partial charge in [0, 0.05) is 13.0 Å². The number of hydrogen-bond acceptors (Lipinski definition) is 4. The number of aromatic nitrogens is 3. The fourth-order valence-electron chi connectivity index (χ4n) is 2.14. The van der Waals surface area contributed by atoms with Crippen molar-refractivity contribution in [3.8, 4) is 0 Å². The topological polar surface area (TPSA) is 80.0 Å². The maximum absolute atomic E-state index is 11.5. The number of amides is 1. The van der Waals surface area contributed by atoms with Crippen molar-refractivity contribution < 1.29 is 9.90 Å². The zero-order valence-electron chi connectivity index (χ0n) is 9.75. The number of aliphatic hydroxyl groups is 1. The molecular weight excluding hydrogens is 220 g/mol. The predicted octanol–water partition coefficient (Wildman–Crippen LogP) is -0.0546. The second-order valence-corrected chi connectivity index (χ2v) is 4.55. The predicted molar refractivity (Wildman–Crippen MR) is 61.0 cm³/mol. The first-order valence-electron chi connectivity index (χ1n) is 6.01. The van der Waals surface area contributed by atoms with Crippen LogP contribution in [0.4, 0.5) is 0 Å². The molecule has 0 radical (unpaired) electrons. The molecule has 1 aliphatic rings. The Balaban J connectivity index is 1.61. The molecule has 1 aromatic heterocycles. The lowest BCUT2D eigenvalue weighted by Gasteiger charge is -2.10. The van der Waals surface area contributed by atoms with Gasteiger partial charge in [-0.1, -0.05) is 0 Å². The van der Waals surface area contributed by atoms with E-state index in [1.807, 2.05) is 0 Å². The molecule has 2 unspecified atom stereocenters. The van der Waals surface area contributed by atoms with E-state index in [2.05, 4.69) is 15.4 Å². The van der Waals surface area contributed by atoms with Crippen LogP contribution < -0.4 is 5.32 Å². The molecule has 0 bridgehead atoms. The SMILES string of the molecule is O=C(CCn1cncn1)NCC1CCC(O)C1. The summed E-state index contributed by atoms with van der Waals surface area (Å²) in [6, 6.07) is 0. The van der Waals surface area contributed by atoms with Gasteiger partial charge in [0.25, 0.3) is 0 Å². The number of carbonyl (C=O) groups excluding carboxylic acids is 1. The lowest BCUT2D eigenvalue weighted by Crippen LogP contribution is -2.29. The van der Waals surface area contributed by atoms with Crippen LogP contribution >= 0.6 is 0 Å². The highest BCUT2D eigenvalue weighted by Crippen LogP contribution is 2.24. The standard InChI is InChI=1S/C11H18N4O2/c16-10-2-1-9(5-10)6-13-11(17)3-4-15-8-12-7-14-15/h7-10,16H,1-6H2,(H,13,17). The van der Waals surface area contributed by atoms with Crippen LogP contribution in [0.25, 0.3) is 0 Å². The number of hydrogen-bond donors (Lipinski definition) is 2. The van der Waals surface area contributed by atoms with Crippen LogP contribution in [0.2, 0.25) is 0 Å². The van der Waals surface area contributed by atoms with Crippen LogP contribution in [0.3, 0.4) is 0 Å². The van der Waals surface area contributed by atoms with Gasteiger partial charge in [-0.25, -0.2) is 4.98 Å². The van der Waals surface area contributed by atoms with E-state index in [4.69, 9.17) is 0 Å². The molecule has 1 aliphatic carbocycles. The van der Waals surface area contributed by atoms with Gasteiger partial charge in [0.05, 0.1) is 12.6 Å². The fraction of sp³-hybridized carbons (Fsp3) is 0.727. The molecule has 1 saturated carbocycles. The van der Waals surface area contributed by atoms with E-state index in [9.17, 15) is 9.90 Å². The number of carbonyl (C=O) groups is 1. The van der Waals surface area contributed by atoms with Crippen molar-refractivity contribution in [2.45, 2.75) is 38.3 Å². The molecule has 94 valence electrons. The van der Waals surface area contributed by atoms with Crippen molar-refractivity contribution in [3.05, 3.63) is 12.7 Å². The summed E-state index contributed by atoms with van der Waals surface area (Å²) in [5.74, 6) is 0.460. The summed E-state index contributed by atoms with van der Waals surface area (Å²) in [4.78, 5) is 15.4. The third-order valence-electron chi connectivity index (χ3n) is 3.14. The molecule has 2 N–H and O–H groups in total. The van der Waals surface area contributed by atoms with E-state index in [1.165, 1.54) is 6.33 Å². The highest BCUT2D eigenvalue weighted by Gasteiger charge is 2.22. The Morgan fingerprint density at radius 2 is 2.41 bits per heavy atom. The number of nitrogens with one attached hydrogen (secondary N) is 1. The van der Waals surface area contributed by atoms with Gasteiger partial charge in [0.1, 0.15) is 12.7 Å². The number of aliphatic hydroxyl groups excluding tert-OH is 1. The largest absolute Gasteiger partial charge is 0.393 e. The summed E-state index contributed by atoms with van der Waals surface area (Å²) in [5.41, 5.74) is 0. The minimum atomic E-state index is -0.174. The van der Waals surface area contributed by atoms with E-state index in [0.717, 1.165) is 19.3 Å². The Bertz CT molecular complexity index is 352. The zero-order chi connectivity index (χ0) is 12.1. The van der Waals surface area contributed by atoms with Gasteiger partial charge in [0.15, 0.2) is 0 Å². The molecule has 6 heteroatoms. The van der Waals surface area contributed by atoms with Gasteiger partial charge in [0.2, 0.25) is 5.91 Å². The summed E-state index contributed by atoms with van der Waals surface area (Å²) in [7, 11) is 0. The third-order valence-corrected chi connectivity index (χ3v) is 3.14. The molecule has 2 rings (SSSR count). The molecule has 17 heavy (non-hydrogen) atoms. The summed E-state index contributed by atoms with van der Waals surface area (Å²) < 4.78 is 1.64. The van der Waals surface area contributed by atoms with E-state index < -0.39 is 0 Å². The van der Waals surface area contributed by atoms with Crippen molar-refractivity contribution in [1.82, 2.24) is 20.1 Å². The van der Waals surface area contributed by atoms with E-state index in [-0.39, 0.29) is 12.0 Å². The molecular formula is C11H18N4O2. The maximum atomic E-state index is 11.5. The first-order valence-corrected chi connectivity index (χ1v) is 6.01. The van der Waals surface area contributed by atoms with Crippen molar-refractivity contribution in [2.24, 2.45) is 5.92 Å². The second-order valence-electron chi connectivity index (χ2n) is 4.55.